The van der Waals surface area contributed by atoms with Crippen LogP contribution in [0.4, 0.5) is 5.82 Å². The molecular formula is C25H26N4O4S. The van der Waals surface area contributed by atoms with Gasteiger partial charge in [-0.05, 0) is 50.6 Å². The van der Waals surface area contributed by atoms with Gasteiger partial charge in [0.1, 0.15) is 27.8 Å². The van der Waals surface area contributed by atoms with E-state index in [4.69, 9.17) is 9.72 Å². The number of aromatic nitrogens is 2. The third kappa shape index (κ3) is 4.52. The Kier molecular flexibility index (Phi) is 6.41. The van der Waals surface area contributed by atoms with Gasteiger partial charge >= 0.3 is 0 Å². The van der Waals surface area contributed by atoms with Crippen molar-refractivity contribution in [3.05, 3.63) is 78.0 Å². The summed E-state index contributed by atoms with van der Waals surface area (Å²) in [6.45, 7) is 5.39. The van der Waals surface area contributed by atoms with Gasteiger partial charge in [0, 0.05) is 23.4 Å². The minimum Gasteiger partial charge on any atom is -0.495 e. The molecule has 8 nitrogen and oxygen atoms in total. The maximum atomic E-state index is 13.3. The number of benzene rings is 2. The van der Waals surface area contributed by atoms with Gasteiger partial charge in [-0.1, -0.05) is 36.4 Å². The molecule has 176 valence electrons. The quantitative estimate of drug-likeness (QED) is 0.413. The zero-order valence-electron chi connectivity index (χ0n) is 19.4. The number of fused-ring (bicyclic) bond motifs is 1. The van der Waals surface area contributed by atoms with Crippen molar-refractivity contribution in [1.29, 1.82) is 0 Å². The molecule has 0 aliphatic carbocycles. The van der Waals surface area contributed by atoms with Crippen LogP contribution in [0.25, 0.3) is 16.9 Å². The van der Waals surface area contributed by atoms with Gasteiger partial charge in [0.25, 0.3) is 5.91 Å². The minimum atomic E-state index is -3.88. The van der Waals surface area contributed by atoms with Gasteiger partial charge in [-0.3, -0.25) is 9.20 Å². The molecule has 0 bridgehead atoms. The summed E-state index contributed by atoms with van der Waals surface area (Å²) in [5, 5.41) is 2.94. The first-order chi connectivity index (χ1) is 16.2. The summed E-state index contributed by atoms with van der Waals surface area (Å²) in [7, 11) is -2.50. The number of hydrogen-bond donors (Lipinski definition) is 2. The van der Waals surface area contributed by atoms with Gasteiger partial charge in [-0.15, -0.1) is 0 Å². The van der Waals surface area contributed by atoms with Gasteiger partial charge in [-0.25, -0.2) is 18.1 Å². The Morgan fingerprint density at radius 3 is 2.47 bits per heavy atom. The lowest BCUT2D eigenvalue weighted by atomic mass is 10.1. The summed E-state index contributed by atoms with van der Waals surface area (Å²) in [6.07, 6.45) is 1.83. The number of hydrogen-bond acceptors (Lipinski definition) is 5. The molecule has 0 saturated heterocycles. The normalized spacial score (nSPS) is 11.7. The third-order valence-electron chi connectivity index (χ3n) is 5.23. The average Bonchev–Trinajstić information content (AvgIpc) is 3.18. The number of nitrogens with one attached hydrogen (secondary N) is 2. The molecule has 0 atom stereocenters. The van der Waals surface area contributed by atoms with E-state index in [1.807, 2.05) is 60.0 Å². The Bertz CT molecular complexity index is 1460. The fourth-order valence-corrected chi connectivity index (χ4v) is 5.15. The molecule has 0 saturated carbocycles. The maximum absolute atomic E-state index is 13.3. The van der Waals surface area contributed by atoms with Crippen LogP contribution in [0.5, 0.6) is 5.75 Å². The van der Waals surface area contributed by atoms with Crippen molar-refractivity contribution in [2.24, 2.45) is 0 Å². The van der Waals surface area contributed by atoms with E-state index in [0.717, 1.165) is 16.8 Å². The molecule has 4 aromatic rings. The smallest absolute Gasteiger partial charge is 0.256 e. The first kappa shape index (κ1) is 23.5. The number of sulfonamides is 1. The molecule has 2 N–H and O–H groups in total. The molecule has 2 aromatic heterocycles. The molecule has 0 radical (unpaired) electrons. The van der Waals surface area contributed by atoms with Crippen molar-refractivity contribution in [2.75, 3.05) is 12.4 Å². The van der Waals surface area contributed by atoms with Crippen molar-refractivity contribution < 1.29 is 17.9 Å². The Labute approximate surface area is 198 Å². The highest BCUT2D eigenvalue weighted by atomic mass is 32.2. The summed E-state index contributed by atoms with van der Waals surface area (Å²) in [5.41, 5.74) is 3.31. The Morgan fingerprint density at radius 1 is 1.06 bits per heavy atom. The Hall–Kier alpha value is -3.69. The number of pyridine rings is 1. The predicted molar refractivity (Wildman–Crippen MR) is 132 cm³/mol. The zero-order chi connectivity index (χ0) is 24.5. The summed E-state index contributed by atoms with van der Waals surface area (Å²) >= 11 is 0. The van der Waals surface area contributed by atoms with Gasteiger partial charge < -0.3 is 10.1 Å². The third-order valence-corrected chi connectivity index (χ3v) is 6.91. The van der Waals surface area contributed by atoms with E-state index in [1.165, 1.54) is 25.3 Å². The molecule has 0 aliphatic heterocycles. The van der Waals surface area contributed by atoms with Crippen molar-refractivity contribution in [3.8, 4) is 17.0 Å². The molecule has 0 spiro atoms. The Balaban J connectivity index is 1.79. The molecule has 2 aromatic carbocycles. The molecular weight excluding hydrogens is 452 g/mol. The fourth-order valence-electron chi connectivity index (χ4n) is 3.70. The predicted octanol–water partition coefficient (Wildman–Crippen LogP) is 4.26. The molecule has 2 heterocycles. The zero-order valence-corrected chi connectivity index (χ0v) is 20.2. The van der Waals surface area contributed by atoms with E-state index in [2.05, 4.69) is 10.0 Å². The van der Waals surface area contributed by atoms with Crippen LogP contribution in [0.1, 0.15) is 29.8 Å². The molecule has 0 fully saturated rings. The maximum Gasteiger partial charge on any atom is 0.256 e. The van der Waals surface area contributed by atoms with Crippen molar-refractivity contribution >= 4 is 27.4 Å². The molecule has 9 heteroatoms. The number of carbonyl (C=O) groups excluding carboxylic acids is 1. The molecule has 1 amide bonds. The highest BCUT2D eigenvalue weighted by Gasteiger charge is 2.24. The van der Waals surface area contributed by atoms with Crippen LogP contribution >= 0.6 is 0 Å². The van der Waals surface area contributed by atoms with Crippen LogP contribution in [0, 0.1) is 6.92 Å². The number of methoxy groups -OCH3 is 1. The van der Waals surface area contributed by atoms with E-state index in [1.54, 1.807) is 13.8 Å². The lowest BCUT2D eigenvalue weighted by molar-refractivity contribution is 0.102. The topological polar surface area (TPSA) is 102 Å². The average molecular weight is 479 g/mol. The molecule has 34 heavy (non-hydrogen) atoms. The van der Waals surface area contributed by atoms with E-state index < -0.39 is 15.9 Å². The molecule has 4 rings (SSSR count). The summed E-state index contributed by atoms with van der Waals surface area (Å²) < 4.78 is 35.2. The first-order valence-corrected chi connectivity index (χ1v) is 12.2. The number of aryl methyl sites for hydroxylation is 1. The number of imidazole rings is 1. The summed E-state index contributed by atoms with van der Waals surface area (Å²) in [4.78, 5) is 18.0. The highest BCUT2D eigenvalue weighted by molar-refractivity contribution is 7.89. The van der Waals surface area contributed by atoms with Crippen LogP contribution in [-0.4, -0.2) is 36.9 Å². The van der Waals surface area contributed by atoms with Crippen LogP contribution in [-0.2, 0) is 10.0 Å². The second-order valence-corrected chi connectivity index (χ2v) is 9.84. The summed E-state index contributed by atoms with van der Waals surface area (Å²) in [6, 6.07) is 17.4. The van der Waals surface area contributed by atoms with E-state index >= 15 is 0 Å². The lowest BCUT2D eigenvalue weighted by Gasteiger charge is -2.14. The van der Waals surface area contributed by atoms with Gasteiger partial charge in [-0.2, -0.15) is 0 Å². The number of amides is 1. The largest absolute Gasteiger partial charge is 0.495 e. The Morgan fingerprint density at radius 2 is 1.79 bits per heavy atom. The van der Waals surface area contributed by atoms with E-state index in [0.29, 0.717) is 11.5 Å². The van der Waals surface area contributed by atoms with Gasteiger partial charge in [0.15, 0.2) is 0 Å². The highest BCUT2D eigenvalue weighted by Crippen LogP contribution is 2.31. The van der Waals surface area contributed by atoms with Crippen LogP contribution in [0.3, 0.4) is 0 Å². The van der Waals surface area contributed by atoms with Crippen molar-refractivity contribution in [2.45, 2.75) is 31.7 Å². The van der Waals surface area contributed by atoms with Crippen molar-refractivity contribution in [1.82, 2.24) is 14.1 Å². The van der Waals surface area contributed by atoms with Crippen molar-refractivity contribution in [3.63, 3.8) is 0 Å². The second-order valence-electron chi connectivity index (χ2n) is 8.16. The number of ether oxygens (including phenoxy) is 1. The van der Waals surface area contributed by atoms with E-state index in [-0.39, 0.29) is 22.3 Å². The summed E-state index contributed by atoms with van der Waals surface area (Å²) in [5.74, 6) is 0.180. The number of anilines is 1. The number of carbonyl (C=O) groups is 1. The SMILES string of the molecule is COc1ccc(C(=O)Nc2c(-c3ccccc3)nc3c(C)cccn23)cc1S(=O)(=O)NC(C)C. The second kappa shape index (κ2) is 9.28. The number of rotatable bonds is 7. The standard InChI is InChI=1S/C25H26N4O4S/c1-16(2)28-34(31,32)21-15-19(12-13-20(21)33-4)25(30)27-24-22(18-10-6-5-7-11-18)26-23-17(3)9-8-14-29(23)24/h5-16,28H,1-4H3,(H,27,30). The fraction of sp³-hybridized carbons (Fsp3) is 0.200. The van der Waals surface area contributed by atoms with Crippen LogP contribution in [0.2, 0.25) is 0 Å². The van der Waals surface area contributed by atoms with E-state index in [9.17, 15) is 13.2 Å². The van der Waals surface area contributed by atoms with Gasteiger partial charge in [0.2, 0.25) is 10.0 Å². The molecule has 0 unspecified atom stereocenters. The monoisotopic (exact) mass is 478 g/mol. The first-order valence-electron chi connectivity index (χ1n) is 10.8. The minimum absolute atomic E-state index is 0.103. The van der Waals surface area contributed by atoms with Gasteiger partial charge in [0.05, 0.1) is 7.11 Å². The van der Waals surface area contributed by atoms with Crippen LogP contribution < -0.4 is 14.8 Å². The van der Waals surface area contributed by atoms with Crippen LogP contribution in [0.15, 0.2) is 71.8 Å². The number of nitrogens with zero attached hydrogens (tertiary/aromatic N) is 2. The molecule has 0 aliphatic rings. The lowest BCUT2D eigenvalue weighted by Crippen LogP contribution is -2.30.